The van der Waals surface area contributed by atoms with Crippen LogP contribution in [0.4, 0.5) is 5.69 Å². The number of para-hydroxylation sites is 1. The second-order valence-corrected chi connectivity index (χ2v) is 5.65. The van der Waals surface area contributed by atoms with Crippen molar-refractivity contribution in [1.82, 2.24) is 0 Å². The Morgan fingerprint density at radius 3 is 3.00 bits per heavy atom. The zero-order valence-electron chi connectivity index (χ0n) is 11.3. The lowest BCUT2D eigenvalue weighted by Gasteiger charge is -2.39. The van der Waals surface area contributed by atoms with E-state index in [1.54, 1.807) is 0 Å². The van der Waals surface area contributed by atoms with Crippen LogP contribution in [0.5, 0.6) is 0 Å². The fraction of sp³-hybridized carbons (Fsp3) is 0.533. The van der Waals surface area contributed by atoms with Crippen LogP contribution in [0, 0.1) is 0 Å². The van der Waals surface area contributed by atoms with E-state index in [9.17, 15) is 4.79 Å². The zero-order valence-corrected chi connectivity index (χ0v) is 11.3. The molecule has 2 aliphatic heterocycles. The summed E-state index contributed by atoms with van der Waals surface area (Å²) in [4.78, 5) is 14.7. The third-order valence-electron chi connectivity index (χ3n) is 4.22. The van der Waals surface area contributed by atoms with Gasteiger partial charge in [-0.15, -0.1) is 0 Å². The van der Waals surface area contributed by atoms with Crippen LogP contribution in [0.2, 0.25) is 0 Å². The van der Waals surface area contributed by atoms with Crippen LogP contribution < -0.4 is 10.6 Å². The summed E-state index contributed by atoms with van der Waals surface area (Å²) in [5, 5.41) is 0. The molecule has 0 saturated carbocycles. The van der Waals surface area contributed by atoms with Crippen molar-refractivity contribution >= 4 is 11.6 Å². The van der Waals surface area contributed by atoms with Crippen molar-refractivity contribution in [3.8, 4) is 0 Å². The summed E-state index contributed by atoms with van der Waals surface area (Å²) < 4.78 is 5.32. The number of hydrogen-bond donors (Lipinski definition) is 1. The first-order valence-electron chi connectivity index (χ1n) is 6.90. The molecule has 1 saturated heterocycles. The molecule has 19 heavy (non-hydrogen) atoms. The van der Waals surface area contributed by atoms with Gasteiger partial charge < -0.3 is 15.4 Å². The Morgan fingerprint density at radius 1 is 1.47 bits per heavy atom. The Bertz CT molecular complexity index is 495. The quantitative estimate of drug-likeness (QED) is 0.832. The molecule has 2 heterocycles. The van der Waals surface area contributed by atoms with Gasteiger partial charge in [0.1, 0.15) is 5.54 Å². The molecule has 1 amide bonds. The van der Waals surface area contributed by atoms with Crippen molar-refractivity contribution in [2.24, 2.45) is 5.73 Å². The van der Waals surface area contributed by atoms with Gasteiger partial charge >= 0.3 is 0 Å². The van der Waals surface area contributed by atoms with Gasteiger partial charge in [-0.05, 0) is 37.8 Å². The van der Waals surface area contributed by atoms with E-state index in [2.05, 4.69) is 13.0 Å². The van der Waals surface area contributed by atoms with E-state index < -0.39 is 5.54 Å². The smallest absolute Gasteiger partial charge is 0.249 e. The summed E-state index contributed by atoms with van der Waals surface area (Å²) in [5.41, 5.74) is 7.64. The van der Waals surface area contributed by atoms with Crippen molar-refractivity contribution in [3.63, 3.8) is 0 Å². The number of fused-ring (bicyclic) bond motifs is 1. The minimum Gasteiger partial charge on any atom is -0.379 e. The third-order valence-corrected chi connectivity index (χ3v) is 4.22. The first kappa shape index (κ1) is 12.6. The lowest BCUT2D eigenvalue weighted by molar-refractivity contribution is -0.124. The fourth-order valence-corrected chi connectivity index (χ4v) is 2.99. The average molecular weight is 260 g/mol. The minimum absolute atomic E-state index is 0.00431. The number of ether oxygens (including phenoxy) is 1. The van der Waals surface area contributed by atoms with Crippen LogP contribution in [0.3, 0.4) is 0 Å². The highest BCUT2D eigenvalue weighted by molar-refractivity contribution is 6.01. The zero-order chi connectivity index (χ0) is 13.5. The molecule has 1 aromatic carbocycles. The molecule has 0 bridgehead atoms. The van der Waals surface area contributed by atoms with Crippen molar-refractivity contribution in [1.29, 1.82) is 0 Å². The number of nitrogens with two attached hydrogens (primary N) is 1. The van der Waals surface area contributed by atoms with Crippen molar-refractivity contribution in [2.75, 3.05) is 18.1 Å². The molecule has 1 aromatic rings. The molecule has 0 spiro atoms. The van der Waals surface area contributed by atoms with Gasteiger partial charge in [-0.2, -0.15) is 0 Å². The average Bonchev–Trinajstić information content (AvgIpc) is 2.86. The van der Waals surface area contributed by atoms with E-state index >= 15 is 0 Å². The predicted octanol–water partition coefficient (Wildman–Crippen LogP) is 1.47. The van der Waals surface area contributed by atoms with E-state index in [4.69, 9.17) is 10.5 Å². The molecule has 2 unspecified atom stereocenters. The summed E-state index contributed by atoms with van der Waals surface area (Å²) in [7, 11) is 0. The number of rotatable bonds is 1. The van der Waals surface area contributed by atoms with Crippen molar-refractivity contribution < 1.29 is 9.53 Å². The normalized spacial score (nSPS) is 30.2. The van der Waals surface area contributed by atoms with Gasteiger partial charge in [-0.3, -0.25) is 4.79 Å². The van der Waals surface area contributed by atoms with Crippen LogP contribution in [0.15, 0.2) is 24.3 Å². The van der Waals surface area contributed by atoms with Crippen LogP contribution in [-0.2, 0) is 16.0 Å². The number of nitrogens with zero attached hydrogens (tertiary/aromatic N) is 1. The lowest BCUT2D eigenvalue weighted by Crippen LogP contribution is -2.59. The Hall–Kier alpha value is -1.39. The highest BCUT2D eigenvalue weighted by atomic mass is 16.5. The molecule has 2 atom stereocenters. The van der Waals surface area contributed by atoms with Crippen LogP contribution >= 0.6 is 0 Å². The van der Waals surface area contributed by atoms with Crippen LogP contribution in [0.25, 0.3) is 0 Å². The maximum absolute atomic E-state index is 12.8. The van der Waals surface area contributed by atoms with Gasteiger partial charge in [-0.25, -0.2) is 0 Å². The Kier molecular flexibility index (Phi) is 3.07. The molecule has 0 aliphatic carbocycles. The van der Waals surface area contributed by atoms with Gasteiger partial charge in [0.05, 0.1) is 6.61 Å². The van der Waals surface area contributed by atoms with Gasteiger partial charge in [0.2, 0.25) is 5.91 Å². The number of hydrogen-bond acceptors (Lipinski definition) is 3. The van der Waals surface area contributed by atoms with E-state index in [1.165, 1.54) is 5.56 Å². The van der Waals surface area contributed by atoms with E-state index in [1.807, 2.05) is 23.1 Å². The Labute approximate surface area is 113 Å². The number of benzene rings is 1. The molecule has 0 radical (unpaired) electrons. The number of anilines is 1. The largest absolute Gasteiger partial charge is 0.379 e. The highest BCUT2D eigenvalue weighted by Crippen LogP contribution is 2.33. The molecule has 3 rings (SSSR count). The standard InChI is InChI=1S/C15H20N2O2/c1-11-6-7-12-4-2-3-5-13(12)17(11)14(18)15(16)8-9-19-10-15/h2-5,11H,6-10,16H2,1H3. The first-order valence-corrected chi connectivity index (χ1v) is 6.90. The summed E-state index contributed by atoms with van der Waals surface area (Å²) in [6, 6.07) is 8.31. The van der Waals surface area contributed by atoms with Gasteiger partial charge in [-0.1, -0.05) is 18.2 Å². The topological polar surface area (TPSA) is 55.6 Å². The summed E-state index contributed by atoms with van der Waals surface area (Å²) in [6.07, 6.45) is 2.62. The number of amides is 1. The number of carbonyl (C=O) groups is 1. The Balaban J connectivity index is 1.97. The number of carbonyl (C=O) groups excluding carboxylic acids is 1. The molecule has 2 aliphatic rings. The van der Waals surface area contributed by atoms with Crippen molar-refractivity contribution in [3.05, 3.63) is 29.8 Å². The van der Waals surface area contributed by atoms with Crippen LogP contribution in [-0.4, -0.2) is 30.7 Å². The highest BCUT2D eigenvalue weighted by Gasteiger charge is 2.43. The molecule has 102 valence electrons. The van der Waals surface area contributed by atoms with Gasteiger partial charge in [0.25, 0.3) is 0 Å². The minimum atomic E-state index is -0.849. The van der Waals surface area contributed by atoms with Gasteiger partial charge in [0.15, 0.2) is 0 Å². The summed E-state index contributed by atoms with van der Waals surface area (Å²) >= 11 is 0. The van der Waals surface area contributed by atoms with Gasteiger partial charge in [0, 0.05) is 18.3 Å². The molecule has 0 aromatic heterocycles. The molecule has 1 fully saturated rings. The molecular weight excluding hydrogens is 240 g/mol. The molecule has 2 N–H and O–H groups in total. The fourth-order valence-electron chi connectivity index (χ4n) is 2.99. The SMILES string of the molecule is CC1CCc2ccccc2N1C(=O)C1(N)CCOC1. The lowest BCUT2D eigenvalue weighted by atomic mass is 9.91. The number of aryl methyl sites for hydroxylation is 1. The second kappa shape index (κ2) is 4.62. The Morgan fingerprint density at radius 2 is 2.26 bits per heavy atom. The van der Waals surface area contributed by atoms with Crippen LogP contribution in [0.1, 0.15) is 25.3 Å². The third kappa shape index (κ3) is 2.05. The molecular formula is C15H20N2O2. The molecule has 4 heteroatoms. The second-order valence-electron chi connectivity index (χ2n) is 5.65. The summed E-state index contributed by atoms with van der Waals surface area (Å²) in [5.74, 6) is 0.00431. The van der Waals surface area contributed by atoms with E-state index in [0.717, 1.165) is 18.5 Å². The monoisotopic (exact) mass is 260 g/mol. The molecule has 4 nitrogen and oxygen atoms in total. The summed E-state index contributed by atoms with van der Waals surface area (Å²) in [6.45, 7) is 3.00. The first-order chi connectivity index (χ1) is 9.12. The maximum atomic E-state index is 12.8. The van der Waals surface area contributed by atoms with E-state index in [-0.39, 0.29) is 11.9 Å². The maximum Gasteiger partial charge on any atom is 0.249 e. The van der Waals surface area contributed by atoms with Crippen molar-refractivity contribution in [2.45, 2.75) is 37.8 Å². The van der Waals surface area contributed by atoms with E-state index in [0.29, 0.717) is 19.6 Å². The predicted molar refractivity (Wildman–Crippen MR) is 74.1 cm³/mol.